The molecule has 2 N–H and O–H groups in total. The van der Waals surface area contributed by atoms with E-state index in [4.69, 9.17) is 57.5 Å². The van der Waals surface area contributed by atoms with Crippen molar-refractivity contribution in [3.63, 3.8) is 0 Å². The minimum absolute atomic E-state index is 0.256. The standard InChI is InChI=1S/C14H10Cl3NOS2/c1-21-12-4-2-3-10(13(12)14(18)20)19-11-6-8(16)7(15)5-9(11)17/h2-6H,1H3,(H2,18,20). The van der Waals surface area contributed by atoms with E-state index in [-0.39, 0.29) is 4.99 Å². The van der Waals surface area contributed by atoms with Crippen molar-refractivity contribution in [2.24, 2.45) is 5.73 Å². The lowest BCUT2D eigenvalue weighted by atomic mass is 10.2. The first-order chi connectivity index (χ1) is 9.93. The fraction of sp³-hybridized carbons (Fsp3) is 0.0714. The van der Waals surface area contributed by atoms with Gasteiger partial charge in [0.2, 0.25) is 0 Å². The maximum Gasteiger partial charge on any atom is 0.147 e. The van der Waals surface area contributed by atoms with E-state index in [9.17, 15) is 0 Å². The third-order valence-electron chi connectivity index (χ3n) is 2.65. The number of benzene rings is 2. The molecule has 2 rings (SSSR count). The van der Waals surface area contributed by atoms with Crippen LogP contribution in [0.15, 0.2) is 35.2 Å². The second-order valence-corrected chi connectivity index (χ2v) is 6.51. The molecule has 0 atom stereocenters. The fourth-order valence-electron chi connectivity index (χ4n) is 1.71. The van der Waals surface area contributed by atoms with Gasteiger partial charge in [-0.1, -0.05) is 53.1 Å². The van der Waals surface area contributed by atoms with E-state index in [2.05, 4.69) is 0 Å². The van der Waals surface area contributed by atoms with Crippen LogP contribution >= 0.6 is 58.8 Å². The Morgan fingerprint density at radius 1 is 1.10 bits per heavy atom. The van der Waals surface area contributed by atoms with Gasteiger partial charge < -0.3 is 10.5 Å². The molecule has 0 unspecified atom stereocenters. The number of rotatable bonds is 4. The van der Waals surface area contributed by atoms with Gasteiger partial charge >= 0.3 is 0 Å². The van der Waals surface area contributed by atoms with Gasteiger partial charge in [0.1, 0.15) is 16.5 Å². The van der Waals surface area contributed by atoms with Gasteiger partial charge in [0.05, 0.1) is 20.6 Å². The average Bonchev–Trinajstić information content (AvgIpc) is 2.44. The van der Waals surface area contributed by atoms with Crippen LogP contribution in [0.1, 0.15) is 5.56 Å². The van der Waals surface area contributed by atoms with E-state index in [1.807, 2.05) is 18.4 Å². The minimum atomic E-state index is 0.256. The fourth-order valence-corrected chi connectivity index (χ4v) is 3.19. The molecule has 0 bridgehead atoms. The van der Waals surface area contributed by atoms with E-state index in [1.165, 1.54) is 17.8 Å². The number of halogens is 3. The summed E-state index contributed by atoms with van der Waals surface area (Å²) in [6.07, 6.45) is 1.94. The Bertz CT molecular complexity index is 707. The Morgan fingerprint density at radius 3 is 2.38 bits per heavy atom. The predicted molar refractivity (Wildman–Crippen MR) is 95.7 cm³/mol. The third-order valence-corrected chi connectivity index (χ3v) is 4.65. The lowest BCUT2D eigenvalue weighted by molar-refractivity contribution is 0.480. The minimum Gasteiger partial charge on any atom is -0.455 e. The summed E-state index contributed by atoms with van der Waals surface area (Å²) in [5.74, 6) is 0.913. The van der Waals surface area contributed by atoms with Crippen LogP contribution in [0.25, 0.3) is 0 Å². The van der Waals surface area contributed by atoms with Crippen LogP contribution in [-0.2, 0) is 0 Å². The molecule has 0 heterocycles. The molecule has 0 aliphatic carbocycles. The quantitative estimate of drug-likeness (QED) is 0.414. The van der Waals surface area contributed by atoms with Crippen LogP contribution < -0.4 is 10.5 Å². The highest BCUT2D eigenvalue weighted by atomic mass is 35.5. The summed E-state index contributed by atoms with van der Waals surface area (Å²) in [6, 6.07) is 8.63. The van der Waals surface area contributed by atoms with E-state index < -0.39 is 0 Å². The van der Waals surface area contributed by atoms with E-state index >= 15 is 0 Å². The SMILES string of the molecule is CSc1cccc(Oc2cc(Cl)c(Cl)cc2Cl)c1C(N)=S. The lowest BCUT2D eigenvalue weighted by Gasteiger charge is -2.14. The summed E-state index contributed by atoms with van der Waals surface area (Å²) >= 11 is 24.6. The number of thiocarbonyl (C=S) groups is 1. The van der Waals surface area contributed by atoms with E-state index in [0.717, 1.165) is 4.90 Å². The zero-order chi connectivity index (χ0) is 15.6. The maximum atomic E-state index is 6.12. The van der Waals surface area contributed by atoms with E-state index in [0.29, 0.717) is 32.1 Å². The van der Waals surface area contributed by atoms with Crippen molar-refractivity contribution in [3.8, 4) is 11.5 Å². The summed E-state index contributed by atoms with van der Waals surface area (Å²) < 4.78 is 5.82. The van der Waals surface area contributed by atoms with Gasteiger partial charge in [-0.2, -0.15) is 0 Å². The molecule has 7 heteroatoms. The van der Waals surface area contributed by atoms with Crippen LogP contribution in [-0.4, -0.2) is 11.2 Å². The van der Waals surface area contributed by atoms with Crippen molar-refractivity contribution < 1.29 is 4.74 Å². The average molecular weight is 379 g/mol. The number of hydrogen-bond donors (Lipinski definition) is 1. The molecular formula is C14H10Cl3NOS2. The van der Waals surface area contributed by atoms with Gasteiger partial charge in [-0.3, -0.25) is 0 Å². The highest BCUT2D eigenvalue weighted by molar-refractivity contribution is 7.98. The second kappa shape index (κ2) is 7.07. The highest BCUT2D eigenvalue weighted by Crippen LogP contribution is 2.38. The molecule has 0 saturated heterocycles. The number of hydrogen-bond acceptors (Lipinski definition) is 3. The van der Waals surface area contributed by atoms with Crippen LogP contribution in [0, 0.1) is 0 Å². The van der Waals surface area contributed by atoms with Gasteiger partial charge in [-0.05, 0) is 24.5 Å². The van der Waals surface area contributed by atoms with Gasteiger partial charge in [-0.15, -0.1) is 11.8 Å². The third kappa shape index (κ3) is 3.76. The molecule has 0 aliphatic heterocycles. The van der Waals surface area contributed by atoms with E-state index in [1.54, 1.807) is 12.1 Å². The van der Waals surface area contributed by atoms with Gasteiger partial charge in [0.15, 0.2) is 0 Å². The van der Waals surface area contributed by atoms with Crippen molar-refractivity contribution in [1.29, 1.82) is 0 Å². The van der Waals surface area contributed by atoms with Gasteiger partial charge in [0, 0.05) is 11.0 Å². The van der Waals surface area contributed by atoms with Crippen LogP contribution in [0.4, 0.5) is 0 Å². The van der Waals surface area contributed by atoms with Gasteiger partial charge in [0.25, 0.3) is 0 Å². The normalized spacial score (nSPS) is 10.5. The van der Waals surface area contributed by atoms with Crippen LogP contribution in [0.3, 0.4) is 0 Å². The monoisotopic (exact) mass is 377 g/mol. The predicted octanol–water partition coefficient (Wildman–Crippen LogP) is 5.80. The van der Waals surface area contributed by atoms with Crippen molar-refractivity contribution in [2.75, 3.05) is 6.26 Å². The zero-order valence-corrected chi connectivity index (χ0v) is 14.7. The molecule has 2 aromatic rings. The van der Waals surface area contributed by atoms with Crippen LogP contribution in [0.2, 0.25) is 15.1 Å². The Balaban J connectivity index is 2.49. The Kier molecular flexibility index (Phi) is 5.63. The Hall–Kier alpha value is -0.650. The summed E-state index contributed by atoms with van der Waals surface area (Å²) in [6.45, 7) is 0. The molecule has 110 valence electrons. The molecule has 0 fully saturated rings. The lowest BCUT2D eigenvalue weighted by Crippen LogP contribution is -2.12. The molecule has 0 aromatic heterocycles. The zero-order valence-electron chi connectivity index (χ0n) is 10.8. The Morgan fingerprint density at radius 2 is 1.76 bits per heavy atom. The topological polar surface area (TPSA) is 35.2 Å². The van der Waals surface area contributed by atoms with Crippen molar-refractivity contribution in [1.82, 2.24) is 0 Å². The first kappa shape index (κ1) is 16.7. The van der Waals surface area contributed by atoms with Crippen molar-refractivity contribution in [2.45, 2.75) is 4.90 Å². The first-order valence-electron chi connectivity index (χ1n) is 5.73. The molecule has 0 aliphatic rings. The molecular weight excluding hydrogens is 369 g/mol. The number of nitrogens with two attached hydrogens (primary N) is 1. The van der Waals surface area contributed by atoms with Crippen molar-refractivity contribution in [3.05, 3.63) is 51.0 Å². The summed E-state index contributed by atoms with van der Waals surface area (Å²) in [5, 5.41) is 1.07. The summed E-state index contributed by atoms with van der Waals surface area (Å²) in [7, 11) is 0. The number of ether oxygens (including phenoxy) is 1. The molecule has 0 saturated carbocycles. The second-order valence-electron chi connectivity index (χ2n) is 4.00. The van der Waals surface area contributed by atoms with Crippen LogP contribution in [0.5, 0.6) is 11.5 Å². The summed E-state index contributed by atoms with van der Waals surface area (Å²) in [4.78, 5) is 1.18. The Labute approximate surface area is 147 Å². The molecule has 0 radical (unpaired) electrons. The largest absolute Gasteiger partial charge is 0.455 e. The molecule has 0 amide bonds. The molecule has 21 heavy (non-hydrogen) atoms. The highest BCUT2D eigenvalue weighted by Gasteiger charge is 2.15. The molecule has 2 nitrogen and oxygen atoms in total. The molecule has 2 aromatic carbocycles. The first-order valence-corrected chi connectivity index (χ1v) is 8.50. The maximum absolute atomic E-state index is 6.12. The van der Waals surface area contributed by atoms with Gasteiger partial charge in [-0.25, -0.2) is 0 Å². The number of thioether (sulfide) groups is 1. The molecule has 0 spiro atoms. The summed E-state index contributed by atoms with van der Waals surface area (Å²) in [5.41, 5.74) is 6.46. The smallest absolute Gasteiger partial charge is 0.147 e. The van der Waals surface area contributed by atoms with Crippen molar-refractivity contribution >= 4 is 63.8 Å².